The zero-order valence-corrected chi connectivity index (χ0v) is 10.6. The van der Waals surface area contributed by atoms with E-state index in [2.05, 4.69) is 23.5 Å². The van der Waals surface area contributed by atoms with Crippen LogP contribution in [0.25, 0.3) is 0 Å². The molecule has 1 N–H and O–H groups in total. The molecule has 0 saturated heterocycles. The fourth-order valence-corrected chi connectivity index (χ4v) is 1.91. The van der Waals surface area contributed by atoms with Crippen LogP contribution in [0.15, 0.2) is 42.0 Å². The third kappa shape index (κ3) is 4.98. The van der Waals surface area contributed by atoms with E-state index in [0.717, 1.165) is 10.6 Å². The lowest BCUT2D eigenvalue weighted by molar-refractivity contribution is -0.109. The van der Waals surface area contributed by atoms with Gasteiger partial charge in [-0.05, 0) is 18.2 Å². The first-order valence-electron chi connectivity index (χ1n) is 4.87. The van der Waals surface area contributed by atoms with Gasteiger partial charge in [0.1, 0.15) is 0 Å². The van der Waals surface area contributed by atoms with Crippen LogP contribution in [-0.4, -0.2) is 30.8 Å². The van der Waals surface area contributed by atoms with E-state index in [1.807, 2.05) is 12.3 Å². The summed E-state index contributed by atoms with van der Waals surface area (Å²) in [6.45, 7) is 7.36. The number of aliphatic imine (C=N–C) groups is 1. The van der Waals surface area contributed by atoms with Gasteiger partial charge in [-0.2, -0.15) is 0 Å². The molecule has 3 nitrogen and oxygen atoms in total. The van der Waals surface area contributed by atoms with Crippen molar-refractivity contribution in [2.45, 2.75) is 12.5 Å². The summed E-state index contributed by atoms with van der Waals surface area (Å²) in [6, 6.07) is -0.0956. The number of thioether (sulfide) groups is 1. The van der Waals surface area contributed by atoms with Gasteiger partial charge in [-0.3, -0.25) is 9.79 Å². The second kappa shape index (κ2) is 8.97. The number of amides is 1. The summed E-state index contributed by atoms with van der Waals surface area (Å²) in [5.41, 5.74) is 1.02. The van der Waals surface area contributed by atoms with Crippen molar-refractivity contribution >= 4 is 23.2 Å². The first-order chi connectivity index (χ1) is 7.73. The average molecular weight is 238 g/mol. The van der Waals surface area contributed by atoms with E-state index in [0.29, 0.717) is 12.8 Å². The molecule has 0 spiro atoms. The van der Waals surface area contributed by atoms with E-state index >= 15 is 0 Å². The van der Waals surface area contributed by atoms with E-state index in [1.54, 1.807) is 19.2 Å². The molecule has 88 valence electrons. The fraction of sp³-hybridized carbons (Fsp3) is 0.333. The van der Waals surface area contributed by atoms with Crippen LogP contribution in [0.4, 0.5) is 0 Å². The predicted octanol–water partition coefficient (Wildman–Crippen LogP) is 2.18. The molecule has 0 rings (SSSR count). The zero-order chi connectivity index (χ0) is 12.4. The summed E-state index contributed by atoms with van der Waals surface area (Å²) in [5, 5.41) is 3.65. The quantitative estimate of drug-likeness (QED) is 0.320. The molecule has 0 aromatic heterocycles. The molecular weight excluding hydrogens is 220 g/mol. The molecule has 0 aliphatic rings. The molecule has 0 bridgehead atoms. The first kappa shape index (κ1) is 14.7. The average Bonchev–Trinajstić information content (AvgIpc) is 2.30. The standard InChI is InChI=1S/C12H18N2OS/c1-5-7-10(6-2)8-11(14-9-15)12(13-3)16-4/h5-7,9,11H,1-2,8H2,3-4H3,(H,14,15)/b10-7+,13-12?. The Hall–Kier alpha value is -1.29. The Balaban J connectivity index is 4.78. The number of nitrogens with zero attached hydrogens (tertiary/aromatic N) is 1. The Labute approximate surface area is 101 Å². The van der Waals surface area contributed by atoms with E-state index < -0.39 is 0 Å². The highest BCUT2D eigenvalue weighted by atomic mass is 32.2. The van der Waals surface area contributed by atoms with Gasteiger partial charge in [0.15, 0.2) is 0 Å². The van der Waals surface area contributed by atoms with Crippen LogP contribution in [0, 0.1) is 0 Å². The first-order valence-corrected chi connectivity index (χ1v) is 6.10. The Kier molecular flexibility index (Phi) is 8.25. The van der Waals surface area contributed by atoms with E-state index in [4.69, 9.17) is 0 Å². The van der Waals surface area contributed by atoms with Crippen molar-refractivity contribution in [2.75, 3.05) is 13.3 Å². The molecular formula is C12H18N2OS. The summed E-state index contributed by atoms with van der Waals surface area (Å²) in [4.78, 5) is 14.7. The lowest BCUT2D eigenvalue weighted by Gasteiger charge is -2.17. The Bertz CT molecular complexity index is 308. The zero-order valence-electron chi connectivity index (χ0n) is 9.77. The number of hydrogen-bond acceptors (Lipinski definition) is 3. The maximum atomic E-state index is 10.5. The summed E-state index contributed by atoms with van der Waals surface area (Å²) < 4.78 is 0. The number of carbonyl (C=O) groups is 1. The van der Waals surface area contributed by atoms with Gasteiger partial charge in [-0.1, -0.05) is 31.4 Å². The van der Waals surface area contributed by atoms with Crippen LogP contribution < -0.4 is 5.32 Å². The molecule has 4 heteroatoms. The summed E-state index contributed by atoms with van der Waals surface area (Å²) in [7, 11) is 1.72. The van der Waals surface area contributed by atoms with E-state index in [1.165, 1.54) is 11.8 Å². The third-order valence-electron chi connectivity index (χ3n) is 2.03. The molecule has 0 aliphatic carbocycles. The Morgan fingerprint density at radius 3 is 2.62 bits per heavy atom. The molecule has 0 aliphatic heterocycles. The summed E-state index contributed by atoms with van der Waals surface area (Å²) in [5.74, 6) is 0. The number of nitrogens with one attached hydrogen (secondary N) is 1. The number of hydrogen-bond donors (Lipinski definition) is 1. The normalized spacial score (nSPS) is 14.1. The van der Waals surface area contributed by atoms with Crippen molar-refractivity contribution < 1.29 is 4.79 Å². The van der Waals surface area contributed by atoms with Gasteiger partial charge in [0, 0.05) is 7.05 Å². The minimum Gasteiger partial charge on any atom is -0.349 e. The highest BCUT2D eigenvalue weighted by Crippen LogP contribution is 2.13. The van der Waals surface area contributed by atoms with E-state index in [-0.39, 0.29) is 6.04 Å². The van der Waals surface area contributed by atoms with Crippen molar-refractivity contribution in [1.82, 2.24) is 5.32 Å². The Morgan fingerprint density at radius 1 is 1.56 bits per heavy atom. The van der Waals surface area contributed by atoms with Crippen molar-refractivity contribution in [3.8, 4) is 0 Å². The van der Waals surface area contributed by atoms with Gasteiger partial charge in [-0.25, -0.2) is 0 Å². The van der Waals surface area contributed by atoms with Crippen LogP contribution in [0.3, 0.4) is 0 Å². The van der Waals surface area contributed by atoms with Crippen molar-refractivity contribution in [3.05, 3.63) is 37.0 Å². The van der Waals surface area contributed by atoms with Crippen molar-refractivity contribution in [2.24, 2.45) is 4.99 Å². The van der Waals surface area contributed by atoms with Gasteiger partial charge in [-0.15, -0.1) is 11.8 Å². The topological polar surface area (TPSA) is 41.5 Å². The van der Waals surface area contributed by atoms with Gasteiger partial charge in [0.25, 0.3) is 0 Å². The fourth-order valence-electron chi connectivity index (χ4n) is 1.30. The maximum Gasteiger partial charge on any atom is 0.207 e. The second-order valence-corrected chi connectivity index (χ2v) is 3.82. The smallest absolute Gasteiger partial charge is 0.207 e. The molecule has 1 unspecified atom stereocenters. The molecule has 16 heavy (non-hydrogen) atoms. The summed E-state index contributed by atoms with van der Waals surface area (Å²) in [6.07, 6.45) is 8.64. The number of rotatable bonds is 7. The molecule has 0 radical (unpaired) electrons. The lowest BCUT2D eigenvalue weighted by Crippen LogP contribution is -2.34. The number of allylic oxidation sites excluding steroid dienone is 3. The van der Waals surface area contributed by atoms with Crippen molar-refractivity contribution in [3.63, 3.8) is 0 Å². The molecule has 0 saturated carbocycles. The van der Waals surface area contributed by atoms with E-state index in [9.17, 15) is 4.79 Å². The highest BCUT2D eigenvalue weighted by molar-refractivity contribution is 8.13. The largest absolute Gasteiger partial charge is 0.349 e. The monoisotopic (exact) mass is 238 g/mol. The molecule has 1 amide bonds. The highest BCUT2D eigenvalue weighted by Gasteiger charge is 2.14. The van der Waals surface area contributed by atoms with Crippen LogP contribution in [0.1, 0.15) is 6.42 Å². The molecule has 1 atom stereocenters. The maximum absolute atomic E-state index is 10.5. The second-order valence-electron chi connectivity index (χ2n) is 2.99. The summed E-state index contributed by atoms with van der Waals surface area (Å²) >= 11 is 1.53. The predicted molar refractivity (Wildman–Crippen MR) is 73.0 cm³/mol. The lowest BCUT2D eigenvalue weighted by atomic mass is 10.1. The minimum atomic E-state index is -0.0956. The minimum absolute atomic E-state index is 0.0956. The van der Waals surface area contributed by atoms with Crippen molar-refractivity contribution in [1.29, 1.82) is 0 Å². The molecule has 0 heterocycles. The van der Waals surface area contributed by atoms with Crippen LogP contribution in [-0.2, 0) is 4.79 Å². The third-order valence-corrected chi connectivity index (χ3v) is 2.92. The Morgan fingerprint density at radius 2 is 2.25 bits per heavy atom. The molecule has 0 aromatic carbocycles. The van der Waals surface area contributed by atoms with Crippen LogP contribution in [0.2, 0.25) is 0 Å². The molecule has 0 fully saturated rings. The van der Waals surface area contributed by atoms with Crippen LogP contribution in [0.5, 0.6) is 0 Å². The molecule has 0 aromatic rings. The van der Waals surface area contributed by atoms with Crippen LogP contribution >= 0.6 is 11.8 Å². The van der Waals surface area contributed by atoms with Gasteiger partial charge < -0.3 is 5.32 Å². The van der Waals surface area contributed by atoms with Gasteiger partial charge >= 0.3 is 0 Å². The number of carbonyl (C=O) groups excluding carboxylic acids is 1. The SMILES string of the molecule is C=C/C=C(\C=C)CC(NC=O)C(=NC)SC. The van der Waals surface area contributed by atoms with Gasteiger partial charge in [0.05, 0.1) is 11.1 Å². The van der Waals surface area contributed by atoms with Gasteiger partial charge in [0.2, 0.25) is 6.41 Å².